The average Bonchev–Trinajstić information content (AvgIpc) is 2.73. The van der Waals surface area contributed by atoms with Crippen molar-refractivity contribution in [1.82, 2.24) is 15.0 Å². The zero-order valence-electron chi connectivity index (χ0n) is 16.2. The molecule has 9 nitrogen and oxygen atoms in total. The van der Waals surface area contributed by atoms with Gasteiger partial charge in [-0.1, -0.05) is 18.2 Å². The van der Waals surface area contributed by atoms with E-state index in [1.54, 1.807) is 25.1 Å². The number of nitrogens with zero attached hydrogens (tertiary/aromatic N) is 5. The Morgan fingerprint density at radius 3 is 2.71 bits per heavy atom. The fourth-order valence-corrected chi connectivity index (χ4v) is 5.05. The number of sulfonamides is 1. The van der Waals surface area contributed by atoms with Crippen LogP contribution in [-0.2, 0) is 10.0 Å². The molecule has 0 aliphatic carbocycles. The summed E-state index contributed by atoms with van der Waals surface area (Å²) in [6.07, 6.45) is 4.19. The van der Waals surface area contributed by atoms with Crippen LogP contribution < -0.4 is 15.4 Å². The first-order chi connectivity index (χ1) is 14.8. The Morgan fingerprint density at radius 2 is 2.00 bits per heavy atom. The summed E-state index contributed by atoms with van der Waals surface area (Å²) < 4.78 is 42.4. The van der Waals surface area contributed by atoms with Crippen molar-refractivity contribution in [1.29, 1.82) is 5.26 Å². The third-order valence-corrected chi connectivity index (χ3v) is 6.50. The van der Waals surface area contributed by atoms with E-state index in [2.05, 4.69) is 20.3 Å². The summed E-state index contributed by atoms with van der Waals surface area (Å²) in [5.74, 6) is -0.623. The number of aromatic nitrogens is 3. The van der Waals surface area contributed by atoms with E-state index in [9.17, 15) is 18.1 Å². The first-order valence-electron chi connectivity index (χ1n) is 9.08. The van der Waals surface area contributed by atoms with Crippen molar-refractivity contribution in [3.05, 3.63) is 71.6 Å². The van der Waals surface area contributed by atoms with E-state index in [4.69, 9.17) is 5.73 Å². The maximum atomic E-state index is 14.5. The van der Waals surface area contributed by atoms with Crippen molar-refractivity contribution in [3.63, 3.8) is 0 Å². The van der Waals surface area contributed by atoms with Gasteiger partial charge < -0.3 is 11.1 Å². The Labute approximate surface area is 177 Å². The summed E-state index contributed by atoms with van der Waals surface area (Å²) in [5, 5.41) is 12.4. The van der Waals surface area contributed by atoms with E-state index in [-0.39, 0.29) is 34.3 Å². The second-order valence-electron chi connectivity index (χ2n) is 6.65. The molecule has 1 atom stereocenters. The molecule has 0 spiro atoms. The Hall–Kier alpha value is -4.04. The molecule has 0 unspecified atom stereocenters. The SMILES string of the molecule is C[C@H](Nc1ncnc(N)c1C#N)C1=Cc2cccc(F)c2S(=O)(=O)N1c1ccccn1. The molecule has 0 saturated heterocycles. The minimum atomic E-state index is -4.31. The van der Waals surface area contributed by atoms with Gasteiger partial charge in [-0.15, -0.1) is 0 Å². The summed E-state index contributed by atoms with van der Waals surface area (Å²) in [6.45, 7) is 1.68. The highest BCUT2D eigenvalue weighted by molar-refractivity contribution is 7.93. The first-order valence-corrected chi connectivity index (χ1v) is 10.5. The van der Waals surface area contributed by atoms with Gasteiger partial charge in [-0.05, 0) is 36.8 Å². The lowest BCUT2D eigenvalue weighted by molar-refractivity contribution is 0.562. The van der Waals surface area contributed by atoms with E-state index in [1.807, 2.05) is 6.07 Å². The molecule has 2 aromatic heterocycles. The summed E-state index contributed by atoms with van der Waals surface area (Å²) in [7, 11) is -4.31. The lowest BCUT2D eigenvalue weighted by Gasteiger charge is -2.33. The number of fused-ring (bicyclic) bond motifs is 1. The fraction of sp³-hybridized carbons (Fsp3) is 0.100. The van der Waals surface area contributed by atoms with E-state index in [1.165, 1.54) is 30.7 Å². The molecule has 3 aromatic rings. The van der Waals surface area contributed by atoms with Crippen molar-refractivity contribution in [2.45, 2.75) is 17.9 Å². The van der Waals surface area contributed by atoms with Crippen LogP contribution in [0.25, 0.3) is 6.08 Å². The van der Waals surface area contributed by atoms with Crippen LogP contribution in [-0.4, -0.2) is 29.4 Å². The third kappa shape index (κ3) is 3.43. The van der Waals surface area contributed by atoms with Crippen molar-refractivity contribution in [2.24, 2.45) is 0 Å². The standard InChI is InChI=1S/C20H16FN7O2S/c1-12(27-20-14(10-22)19(23)25-11-26-20)16-9-13-5-4-6-15(21)18(13)31(29,30)28(16)17-7-2-3-8-24-17/h2-9,11-12H,1H3,(H3,23,25,26,27)/t12-/m0/s1. The highest BCUT2D eigenvalue weighted by atomic mass is 32.2. The van der Waals surface area contributed by atoms with E-state index in [0.717, 1.165) is 10.4 Å². The average molecular weight is 437 g/mol. The number of nitrogens with two attached hydrogens (primary N) is 1. The minimum Gasteiger partial charge on any atom is -0.382 e. The van der Waals surface area contributed by atoms with Gasteiger partial charge in [-0.3, -0.25) is 0 Å². The van der Waals surface area contributed by atoms with Gasteiger partial charge in [0, 0.05) is 6.20 Å². The number of anilines is 3. The number of pyridine rings is 1. The van der Waals surface area contributed by atoms with E-state index in [0.29, 0.717) is 0 Å². The molecule has 0 bridgehead atoms. The van der Waals surface area contributed by atoms with Gasteiger partial charge in [0.05, 0.1) is 11.7 Å². The Balaban J connectivity index is 1.88. The van der Waals surface area contributed by atoms with Crippen molar-refractivity contribution in [3.8, 4) is 6.07 Å². The first kappa shape index (κ1) is 20.2. The van der Waals surface area contributed by atoms with Crippen LogP contribution >= 0.6 is 0 Å². The number of hydrogen-bond donors (Lipinski definition) is 2. The molecule has 1 aliphatic heterocycles. The Morgan fingerprint density at radius 1 is 1.19 bits per heavy atom. The van der Waals surface area contributed by atoms with Crippen molar-refractivity contribution >= 4 is 33.6 Å². The molecule has 0 fully saturated rings. The number of nitrogen functional groups attached to an aromatic ring is 1. The molecule has 31 heavy (non-hydrogen) atoms. The summed E-state index contributed by atoms with van der Waals surface area (Å²) in [6, 6.07) is 10.1. The van der Waals surface area contributed by atoms with Crippen LogP contribution in [0.15, 0.2) is 59.5 Å². The van der Waals surface area contributed by atoms with Crippen LogP contribution in [0.2, 0.25) is 0 Å². The second-order valence-corrected chi connectivity index (χ2v) is 8.37. The van der Waals surface area contributed by atoms with Crippen LogP contribution in [0.5, 0.6) is 0 Å². The van der Waals surface area contributed by atoms with E-state index >= 15 is 0 Å². The molecule has 156 valence electrons. The molecule has 3 heterocycles. The van der Waals surface area contributed by atoms with Gasteiger partial charge in [0.1, 0.15) is 46.1 Å². The summed E-state index contributed by atoms with van der Waals surface area (Å²) in [5.41, 5.74) is 6.24. The number of hydrogen-bond acceptors (Lipinski definition) is 8. The Kier molecular flexibility index (Phi) is 5.00. The molecule has 3 N–H and O–H groups in total. The van der Waals surface area contributed by atoms with E-state index < -0.39 is 26.8 Å². The smallest absolute Gasteiger partial charge is 0.273 e. The number of nitrogens with one attached hydrogen (secondary N) is 1. The number of benzene rings is 1. The topological polar surface area (TPSA) is 138 Å². The molecule has 0 saturated carbocycles. The maximum absolute atomic E-state index is 14.5. The van der Waals surface area contributed by atoms with Gasteiger partial charge >= 0.3 is 0 Å². The predicted octanol–water partition coefficient (Wildman–Crippen LogP) is 2.51. The number of rotatable bonds is 4. The van der Waals surface area contributed by atoms with Gasteiger partial charge in [0.25, 0.3) is 10.0 Å². The van der Waals surface area contributed by atoms with Crippen molar-refractivity contribution < 1.29 is 12.8 Å². The van der Waals surface area contributed by atoms with Crippen LogP contribution in [0, 0.1) is 17.1 Å². The fourth-order valence-electron chi connectivity index (χ4n) is 3.29. The van der Waals surface area contributed by atoms with Crippen LogP contribution in [0.3, 0.4) is 0 Å². The maximum Gasteiger partial charge on any atom is 0.273 e. The molecule has 4 rings (SSSR count). The predicted molar refractivity (Wildman–Crippen MR) is 113 cm³/mol. The molecule has 0 radical (unpaired) electrons. The third-order valence-electron chi connectivity index (χ3n) is 4.68. The van der Waals surface area contributed by atoms with Gasteiger partial charge in [0.2, 0.25) is 0 Å². The zero-order chi connectivity index (χ0) is 22.2. The highest BCUT2D eigenvalue weighted by Gasteiger charge is 2.39. The monoisotopic (exact) mass is 437 g/mol. The quantitative estimate of drug-likeness (QED) is 0.635. The molecular weight excluding hydrogens is 421 g/mol. The molecule has 1 aliphatic rings. The largest absolute Gasteiger partial charge is 0.382 e. The zero-order valence-corrected chi connectivity index (χ0v) is 17.0. The lowest BCUT2D eigenvalue weighted by Crippen LogP contribution is -2.40. The molecular formula is C20H16FN7O2S. The van der Waals surface area contributed by atoms with Crippen LogP contribution in [0.1, 0.15) is 18.1 Å². The Bertz CT molecular complexity index is 1340. The van der Waals surface area contributed by atoms with Gasteiger partial charge in [-0.25, -0.2) is 32.1 Å². The second kappa shape index (κ2) is 7.66. The molecule has 1 aromatic carbocycles. The van der Waals surface area contributed by atoms with Gasteiger partial charge in [-0.2, -0.15) is 5.26 Å². The molecule has 0 amide bonds. The number of halogens is 1. The van der Waals surface area contributed by atoms with Crippen molar-refractivity contribution in [2.75, 3.05) is 15.4 Å². The minimum absolute atomic E-state index is 0.00792. The summed E-state index contributed by atoms with van der Waals surface area (Å²) in [4.78, 5) is 11.5. The number of nitriles is 1. The normalized spacial score (nSPS) is 15.4. The lowest BCUT2D eigenvalue weighted by atomic mass is 10.1. The molecule has 11 heteroatoms. The van der Waals surface area contributed by atoms with Gasteiger partial charge in [0.15, 0.2) is 0 Å². The summed E-state index contributed by atoms with van der Waals surface area (Å²) >= 11 is 0. The highest BCUT2D eigenvalue weighted by Crippen LogP contribution is 2.37. The van der Waals surface area contributed by atoms with Crippen LogP contribution in [0.4, 0.5) is 21.8 Å².